The number of benzene rings is 10. The molecule has 1 aliphatic rings. The van der Waals surface area contributed by atoms with Crippen molar-refractivity contribution in [2.24, 2.45) is 0 Å². The van der Waals surface area contributed by atoms with Crippen LogP contribution >= 0.6 is 11.6 Å². The smallest absolute Gasteiger partial charge is 0.351 e. The van der Waals surface area contributed by atoms with Crippen LogP contribution < -0.4 is 25.5 Å². The Labute approximate surface area is 653 Å². The van der Waals surface area contributed by atoms with Crippen molar-refractivity contribution in [3.8, 4) is 46.0 Å². The van der Waals surface area contributed by atoms with Gasteiger partial charge in [-0.3, -0.25) is 0 Å². The Hall–Kier alpha value is -11.9. The van der Waals surface area contributed by atoms with Gasteiger partial charge in [-0.05, 0) is 179 Å². The minimum Gasteiger partial charge on any atom is -0.508 e. The Kier molecular flexibility index (Phi) is 27.8. The molecule has 112 heavy (non-hydrogen) atoms. The number of aromatic hydroxyl groups is 5. The van der Waals surface area contributed by atoms with Gasteiger partial charge in [0, 0.05) is 32.4 Å². The number of fused-ring (bicyclic) bond motifs is 2. The lowest BCUT2D eigenvalue weighted by Crippen LogP contribution is -2.27. The number of para-hydroxylation sites is 2. The van der Waals surface area contributed by atoms with Gasteiger partial charge in [0.05, 0.1) is 38.4 Å². The lowest BCUT2D eigenvalue weighted by atomic mass is 9.74. The number of halogens is 1. The van der Waals surface area contributed by atoms with Crippen LogP contribution in [-0.2, 0) is 35.9 Å². The van der Waals surface area contributed by atoms with Gasteiger partial charge < -0.3 is 78.1 Å². The molecule has 0 spiro atoms. The van der Waals surface area contributed by atoms with Crippen molar-refractivity contribution in [1.82, 2.24) is 0 Å². The van der Waals surface area contributed by atoms with Gasteiger partial charge in [-0.25, -0.2) is 19.2 Å². The van der Waals surface area contributed by atoms with Crippen LogP contribution in [-0.4, -0.2) is 123 Å². The molecule has 20 nitrogen and oxygen atoms in total. The number of aliphatic hydroxyl groups excluding tert-OH is 3. The summed E-state index contributed by atoms with van der Waals surface area (Å²) >= 11 is 5.27. The predicted octanol–water partition coefficient (Wildman–Crippen LogP) is 15.7. The molecule has 582 valence electrons. The number of hydrogen-bond acceptors (Lipinski definition) is 20. The van der Waals surface area contributed by atoms with E-state index in [0.29, 0.717) is 64.0 Å². The molecule has 2 aromatic heterocycles. The van der Waals surface area contributed by atoms with Gasteiger partial charge in [-0.2, -0.15) is 0 Å². The molecular weight excluding hydrogens is 1450 g/mol. The standard InChI is InChI=1S/C47H48O11.C26H22O6.C15H16O2.C3H5ClO/c1-46(2,32-8-16-36(49)17-9-32)33-10-18-39(19-11-33)56-29-38(51)30-57-41-22-14-35(15-23-41)47(3,34-12-20-40(21-13-34)55-28-37(50)27-48)24-25-54-44(52)42-26-31-6-4-5-7-43(31)58-45(42)53;1-26(18-6-10-20(27)11-7-18,19-8-12-21(28)13-9-19)14-15-31-24(29)22-16-17-4-2-3-5-23(17)32-25(22)30;1-15(2,11-3-7-13(16)8-4-11)12-5-9-14(17)10-6-12;4-1-3-2-5-3/h4-23,26,37-38,48-51H,24-25,27-30H2,1-3H3;2-13,16,27-28H,14-15H2,1H3;3-10,16-17H,1-2H3;3H,1-2H2. The third-order valence-corrected chi connectivity index (χ3v) is 20.2. The number of hydrogen-bond donors (Lipinski definition) is 8. The Bertz CT molecular complexity index is 5070. The van der Waals surface area contributed by atoms with Crippen molar-refractivity contribution in [3.05, 3.63) is 331 Å². The maximum absolute atomic E-state index is 13.1. The number of phenolic OH excluding ortho intramolecular Hbond substituents is 5. The fourth-order valence-electron chi connectivity index (χ4n) is 12.4. The number of carbonyl (C=O) groups is 2. The molecule has 3 heterocycles. The van der Waals surface area contributed by atoms with Crippen molar-refractivity contribution < 1.29 is 87.7 Å². The maximum atomic E-state index is 13.1. The van der Waals surface area contributed by atoms with Crippen LogP contribution in [0.1, 0.15) is 120 Å². The molecule has 1 aliphatic heterocycles. The zero-order chi connectivity index (χ0) is 80.2. The third-order valence-electron chi connectivity index (χ3n) is 19.8. The van der Waals surface area contributed by atoms with Crippen LogP contribution in [0.2, 0.25) is 0 Å². The summed E-state index contributed by atoms with van der Waals surface area (Å²) in [5.74, 6) is 1.85. The van der Waals surface area contributed by atoms with Crippen LogP contribution in [0, 0.1) is 0 Å². The maximum Gasteiger partial charge on any atom is 0.351 e. The summed E-state index contributed by atoms with van der Waals surface area (Å²) in [4.78, 5) is 50.5. The number of rotatable bonds is 27. The normalized spacial score (nSPS) is 13.6. The molecule has 0 saturated carbocycles. The summed E-state index contributed by atoms with van der Waals surface area (Å²) in [6, 6.07) is 74.4. The van der Waals surface area contributed by atoms with Crippen molar-refractivity contribution in [2.45, 2.75) is 94.4 Å². The topological polar surface area (TPSA) is 315 Å². The van der Waals surface area contributed by atoms with Gasteiger partial charge in [-0.1, -0.05) is 175 Å². The van der Waals surface area contributed by atoms with E-state index in [1.807, 2.05) is 123 Å². The predicted molar refractivity (Wildman–Crippen MR) is 428 cm³/mol. The van der Waals surface area contributed by atoms with E-state index in [2.05, 4.69) is 27.7 Å². The van der Waals surface area contributed by atoms with Crippen LogP contribution in [0.5, 0.6) is 46.0 Å². The van der Waals surface area contributed by atoms with Crippen LogP contribution in [0.4, 0.5) is 0 Å². The first-order valence-electron chi connectivity index (χ1n) is 36.4. The second-order valence-electron chi connectivity index (χ2n) is 28.5. The van der Waals surface area contributed by atoms with E-state index in [-0.39, 0.29) is 83.7 Å². The molecule has 0 bridgehead atoms. The zero-order valence-corrected chi connectivity index (χ0v) is 63.7. The van der Waals surface area contributed by atoms with Crippen LogP contribution in [0.25, 0.3) is 21.9 Å². The molecule has 10 aromatic carbocycles. The van der Waals surface area contributed by atoms with Gasteiger partial charge in [0.25, 0.3) is 0 Å². The third kappa shape index (κ3) is 21.8. The van der Waals surface area contributed by atoms with Gasteiger partial charge in [-0.15, -0.1) is 11.6 Å². The van der Waals surface area contributed by atoms with E-state index in [0.717, 1.165) is 51.1 Å². The van der Waals surface area contributed by atoms with E-state index in [9.17, 15) is 54.9 Å². The summed E-state index contributed by atoms with van der Waals surface area (Å²) in [6.07, 6.45) is -0.762. The van der Waals surface area contributed by atoms with E-state index in [4.69, 9.17) is 54.0 Å². The van der Waals surface area contributed by atoms with Crippen molar-refractivity contribution in [1.29, 1.82) is 0 Å². The lowest BCUT2D eigenvalue weighted by molar-refractivity contribution is 0.0469. The quantitative estimate of drug-likeness (QED) is 0.0103. The molecule has 0 radical (unpaired) electrons. The first kappa shape index (κ1) is 82.6. The number of epoxide rings is 1. The Balaban J connectivity index is 0.000000202. The molecule has 4 unspecified atom stereocenters. The molecule has 1 saturated heterocycles. The Morgan fingerprint density at radius 1 is 0.411 bits per heavy atom. The minimum atomic E-state index is -1.01. The van der Waals surface area contributed by atoms with Crippen LogP contribution in [0.3, 0.4) is 0 Å². The van der Waals surface area contributed by atoms with Crippen molar-refractivity contribution >= 4 is 45.5 Å². The van der Waals surface area contributed by atoms with Gasteiger partial charge in [0.2, 0.25) is 0 Å². The molecular formula is C91H91ClO20. The van der Waals surface area contributed by atoms with Crippen molar-refractivity contribution in [3.63, 3.8) is 0 Å². The summed E-state index contributed by atoms with van der Waals surface area (Å²) in [5, 5.41) is 78.3. The summed E-state index contributed by atoms with van der Waals surface area (Å²) < 4.78 is 43.7. The number of ether oxygens (including phenoxy) is 6. The lowest BCUT2D eigenvalue weighted by Gasteiger charge is -2.31. The highest BCUT2D eigenvalue weighted by Crippen LogP contribution is 2.40. The second kappa shape index (κ2) is 37.7. The number of phenols is 5. The number of carbonyl (C=O) groups excluding carboxylic acids is 2. The molecule has 4 atom stereocenters. The van der Waals surface area contributed by atoms with Gasteiger partial charge in [0.1, 0.15) is 100 Å². The average molecular weight is 1540 g/mol. The fraction of sp³-hybridized carbons (Fsp3) is 0.253. The summed E-state index contributed by atoms with van der Waals surface area (Å²) in [6.45, 7) is 12.9. The SMILES string of the molecule is CC(C)(c1ccc(O)cc1)c1ccc(O)cc1.CC(C)(c1ccc(O)cc1)c1ccc(OCC(O)COc2ccc(C(C)(CCOC(=O)c3cc4ccccc4oc3=O)c3ccc(OCC(O)CO)cc3)cc2)cc1.CC(CCOC(=O)c1cc2ccccc2oc1=O)(c1ccc(O)cc1)c1ccc(O)cc1.ClCC1CO1. The van der Waals surface area contributed by atoms with Gasteiger partial charge in [0.15, 0.2) is 0 Å². The first-order chi connectivity index (χ1) is 53.6. The number of esters is 2. The molecule has 1 fully saturated rings. The largest absolute Gasteiger partial charge is 0.508 e. The average Bonchev–Trinajstić information content (AvgIpc) is 1.03. The molecule has 8 N–H and O–H groups in total. The highest BCUT2D eigenvalue weighted by atomic mass is 35.5. The van der Waals surface area contributed by atoms with E-state index < -0.39 is 52.8 Å². The van der Waals surface area contributed by atoms with Crippen LogP contribution in [0.15, 0.2) is 273 Å². The molecule has 13 rings (SSSR count). The Morgan fingerprint density at radius 3 is 0.955 bits per heavy atom. The zero-order valence-electron chi connectivity index (χ0n) is 62.9. The molecule has 0 aliphatic carbocycles. The monoisotopic (exact) mass is 1540 g/mol. The van der Waals surface area contributed by atoms with E-state index >= 15 is 0 Å². The first-order valence-corrected chi connectivity index (χ1v) is 36.9. The minimum absolute atomic E-state index is 0.00622. The van der Waals surface area contributed by atoms with Gasteiger partial charge >= 0.3 is 23.2 Å². The van der Waals surface area contributed by atoms with E-state index in [1.54, 1.807) is 133 Å². The molecule has 0 amide bonds. The number of alkyl halides is 1. The molecule has 12 aromatic rings. The summed E-state index contributed by atoms with van der Waals surface area (Å²) in [7, 11) is 0. The second-order valence-corrected chi connectivity index (χ2v) is 28.8. The number of aliphatic hydroxyl groups is 3. The summed E-state index contributed by atoms with van der Waals surface area (Å²) in [5.41, 5.74) is 5.17. The highest BCUT2D eigenvalue weighted by molar-refractivity contribution is 6.18. The Morgan fingerprint density at radius 2 is 0.679 bits per heavy atom. The molecule has 21 heteroatoms. The van der Waals surface area contributed by atoms with E-state index in [1.165, 1.54) is 12.1 Å². The highest BCUT2D eigenvalue weighted by Gasteiger charge is 2.33. The fourth-order valence-corrected chi connectivity index (χ4v) is 12.6. The van der Waals surface area contributed by atoms with Crippen molar-refractivity contribution in [2.75, 3.05) is 52.1 Å².